The highest BCUT2D eigenvalue weighted by Gasteiger charge is 2.07. The van der Waals surface area contributed by atoms with Crippen molar-refractivity contribution in [2.24, 2.45) is 5.41 Å². The highest BCUT2D eigenvalue weighted by molar-refractivity contribution is 8.01. The molecule has 142 valence electrons. The molecule has 0 saturated heterocycles. The zero-order valence-electron chi connectivity index (χ0n) is 16.0. The molecule has 0 radical (unpaired) electrons. The van der Waals surface area contributed by atoms with Gasteiger partial charge in [-0.25, -0.2) is 0 Å². The number of hydrogen-bond acceptors (Lipinski definition) is 5. The van der Waals surface area contributed by atoms with E-state index in [0.717, 1.165) is 17.2 Å². The summed E-state index contributed by atoms with van der Waals surface area (Å²) in [7, 11) is 4.11. The fraction of sp³-hybridized carbons (Fsp3) is 0.474. The highest BCUT2D eigenvalue weighted by atomic mass is 32.2. The van der Waals surface area contributed by atoms with Crippen molar-refractivity contribution in [3.8, 4) is 0 Å². The van der Waals surface area contributed by atoms with Crippen molar-refractivity contribution in [1.29, 1.82) is 0 Å². The number of rotatable bonds is 6. The zero-order chi connectivity index (χ0) is 19.3. The fourth-order valence-corrected chi connectivity index (χ4v) is 4.38. The van der Waals surface area contributed by atoms with Gasteiger partial charge in [-0.05, 0) is 44.1 Å². The topological polar surface area (TPSA) is 69.0 Å². The molecule has 26 heavy (non-hydrogen) atoms. The van der Waals surface area contributed by atoms with Gasteiger partial charge in [0.15, 0.2) is 0 Å². The molecule has 2 rings (SSSR count). The van der Waals surface area contributed by atoms with E-state index >= 15 is 0 Å². The van der Waals surface area contributed by atoms with Crippen molar-refractivity contribution >= 4 is 35.3 Å². The summed E-state index contributed by atoms with van der Waals surface area (Å²) < 4.78 is 1.20. The maximum absolute atomic E-state index is 12.3. The summed E-state index contributed by atoms with van der Waals surface area (Å²) in [5.41, 5.74) is -0.483. The van der Waals surface area contributed by atoms with Crippen molar-refractivity contribution in [2.75, 3.05) is 26.4 Å². The Hall–Kier alpha value is -1.57. The van der Waals surface area contributed by atoms with Gasteiger partial charge in [0.2, 0.25) is 0 Å². The predicted molar refractivity (Wildman–Crippen MR) is 113 cm³/mol. The minimum atomic E-state index is -0.278. The molecule has 7 heteroatoms. The van der Waals surface area contributed by atoms with Crippen molar-refractivity contribution in [3.63, 3.8) is 0 Å². The molecule has 0 aliphatic heterocycles. The van der Waals surface area contributed by atoms with Gasteiger partial charge in [-0.1, -0.05) is 26.8 Å². The van der Waals surface area contributed by atoms with Gasteiger partial charge in [0.1, 0.15) is 10.7 Å². The summed E-state index contributed by atoms with van der Waals surface area (Å²) in [6.07, 6.45) is 4.23. The Morgan fingerprint density at radius 3 is 2.42 bits per heavy atom. The first-order valence-electron chi connectivity index (χ1n) is 8.56. The Morgan fingerprint density at radius 1 is 1.12 bits per heavy atom. The summed E-state index contributed by atoms with van der Waals surface area (Å²) in [5, 5.41) is 0.614. The molecular formula is C19H27N3O2S2. The van der Waals surface area contributed by atoms with Gasteiger partial charge in [0.05, 0.1) is 4.21 Å². The molecule has 0 atom stereocenters. The summed E-state index contributed by atoms with van der Waals surface area (Å²) in [4.78, 5) is 33.0. The van der Waals surface area contributed by atoms with E-state index in [9.17, 15) is 9.59 Å². The summed E-state index contributed by atoms with van der Waals surface area (Å²) in [5.74, 6) is 1.02. The number of aromatic nitrogens is 2. The van der Waals surface area contributed by atoms with Gasteiger partial charge in [-0.3, -0.25) is 9.59 Å². The lowest BCUT2D eigenvalue weighted by atomic mass is 9.92. The van der Waals surface area contributed by atoms with E-state index < -0.39 is 0 Å². The van der Waals surface area contributed by atoms with Gasteiger partial charge in [0.25, 0.3) is 11.1 Å². The largest absolute Gasteiger partial charge is 0.316 e. The van der Waals surface area contributed by atoms with Crippen molar-refractivity contribution in [3.05, 3.63) is 48.4 Å². The third kappa shape index (κ3) is 6.63. The van der Waals surface area contributed by atoms with Crippen LogP contribution in [0, 0.1) is 5.41 Å². The normalized spacial score (nSPS) is 13.8. The van der Waals surface area contributed by atoms with Crippen LogP contribution in [0.2, 0.25) is 0 Å². The van der Waals surface area contributed by atoms with E-state index in [4.69, 9.17) is 0 Å². The number of nitrogens with zero attached hydrogens (tertiary/aromatic N) is 1. The van der Waals surface area contributed by atoms with Crippen LogP contribution in [0.15, 0.2) is 25.9 Å². The Kier molecular flexibility index (Phi) is 7.08. The highest BCUT2D eigenvalue weighted by Crippen LogP contribution is 2.27. The number of thioether (sulfide) groups is 1. The quantitative estimate of drug-likeness (QED) is 0.735. The van der Waals surface area contributed by atoms with Crippen LogP contribution >= 0.6 is 23.1 Å². The SMILES string of the molecule is CN(C)CCSc1ccc(/C=c2\[nH]c(=O)/c(=C/CC(C)(C)C)[nH]c2=O)s1. The predicted octanol–water partition coefficient (Wildman–Crippen LogP) is 1.82. The van der Waals surface area contributed by atoms with Crippen LogP contribution in [0.3, 0.4) is 0 Å². The third-order valence-corrected chi connectivity index (χ3v) is 5.81. The first-order chi connectivity index (χ1) is 12.1. The van der Waals surface area contributed by atoms with Crippen molar-refractivity contribution in [2.45, 2.75) is 31.4 Å². The first-order valence-corrected chi connectivity index (χ1v) is 10.4. The zero-order valence-corrected chi connectivity index (χ0v) is 17.6. The molecular weight excluding hydrogens is 366 g/mol. The summed E-state index contributed by atoms with van der Waals surface area (Å²) in [6, 6.07) is 4.02. The van der Waals surface area contributed by atoms with Crippen LogP contribution in [0.1, 0.15) is 32.1 Å². The Bertz CT molecular complexity index is 962. The van der Waals surface area contributed by atoms with Crippen LogP contribution < -0.4 is 21.8 Å². The molecule has 2 aromatic heterocycles. The van der Waals surface area contributed by atoms with E-state index in [0.29, 0.717) is 11.8 Å². The third-order valence-electron chi connectivity index (χ3n) is 3.58. The molecule has 0 amide bonds. The average molecular weight is 394 g/mol. The van der Waals surface area contributed by atoms with Gasteiger partial charge >= 0.3 is 0 Å². The monoisotopic (exact) mass is 393 g/mol. The van der Waals surface area contributed by atoms with Crippen LogP contribution in [0.5, 0.6) is 0 Å². The van der Waals surface area contributed by atoms with Crippen LogP contribution in [0.25, 0.3) is 12.2 Å². The fourth-order valence-electron chi connectivity index (χ4n) is 2.11. The number of H-pyrrole nitrogens is 2. The Morgan fingerprint density at radius 2 is 1.77 bits per heavy atom. The van der Waals surface area contributed by atoms with Gasteiger partial charge in [-0.15, -0.1) is 23.1 Å². The van der Waals surface area contributed by atoms with E-state index in [1.54, 1.807) is 35.3 Å². The molecule has 0 aliphatic rings. The average Bonchev–Trinajstić information content (AvgIpc) is 2.95. The standard InChI is InChI=1S/C19H27N3O2S2/c1-19(2,3)9-8-14-17(23)21-15(18(24)20-14)12-13-6-7-16(26-13)25-11-10-22(4)5/h6-8,12H,9-11H2,1-5H3,(H,20,24)(H,21,23)/b14-8-,15-12-. The van der Waals surface area contributed by atoms with Crippen LogP contribution in [0.4, 0.5) is 0 Å². The number of hydrogen-bond donors (Lipinski definition) is 2. The maximum Gasteiger partial charge on any atom is 0.272 e. The number of aromatic amines is 2. The maximum atomic E-state index is 12.3. The molecule has 0 aromatic carbocycles. The first kappa shape index (κ1) is 20.7. The molecule has 0 fully saturated rings. The van der Waals surface area contributed by atoms with E-state index in [1.165, 1.54) is 4.21 Å². The second-order valence-corrected chi connectivity index (χ2v) is 10.2. The van der Waals surface area contributed by atoms with E-state index in [1.807, 2.05) is 6.07 Å². The summed E-state index contributed by atoms with van der Waals surface area (Å²) in [6.45, 7) is 7.27. The van der Waals surface area contributed by atoms with Crippen LogP contribution in [-0.4, -0.2) is 41.3 Å². The summed E-state index contributed by atoms with van der Waals surface area (Å²) >= 11 is 3.41. The molecule has 5 nitrogen and oxygen atoms in total. The minimum absolute atomic E-state index is 0.0613. The lowest BCUT2D eigenvalue weighted by molar-refractivity contribution is 0.431. The Labute approximate surface area is 161 Å². The van der Waals surface area contributed by atoms with E-state index in [2.05, 4.69) is 55.8 Å². The van der Waals surface area contributed by atoms with Gasteiger partial charge in [-0.2, -0.15) is 0 Å². The molecule has 0 aliphatic carbocycles. The number of nitrogens with one attached hydrogen (secondary N) is 2. The second-order valence-electron chi connectivity index (χ2n) is 7.66. The molecule has 2 aromatic rings. The van der Waals surface area contributed by atoms with Gasteiger partial charge < -0.3 is 14.9 Å². The number of thiophene rings is 1. The van der Waals surface area contributed by atoms with Crippen molar-refractivity contribution < 1.29 is 0 Å². The van der Waals surface area contributed by atoms with Crippen molar-refractivity contribution in [1.82, 2.24) is 14.9 Å². The second kappa shape index (κ2) is 8.88. The van der Waals surface area contributed by atoms with E-state index in [-0.39, 0.29) is 21.9 Å². The Balaban J connectivity index is 2.24. The molecule has 2 N–H and O–H groups in total. The molecule has 0 unspecified atom stereocenters. The minimum Gasteiger partial charge on any atom is -0.316 e. The van der Waals surface area contributed by atoms with Gasteiger partial charge in [0, 0.05) is 17.2 Å². The smallest absolute Gasteiger partial charge is 0.272 e. The molecule has 0 spiro atoms. The van der Waals surface area contributed by atoms with Crippen LogP contribution in [-0.2, 0) is 0 Å². The molecule has 0 bridgehead atoms. The molecule has 0 saturated carbocycles. The lowest BCUT2D eigenvalue weighted by Crippen LogP contribution is -2.46. The lowest BCUT2D eigenvalue weighted by Gasteiger charge is -2.14. The molecule has 2 heterocycles.